The summed E-state index contributed by atoms with van der Waals surface area (Å²) in [6.07, 6.45) is 4.72. The standard InChI is InChI=1S/C31H31N5O2/c1-3-20-17-36(18-20)13-14-37-22-9-7-21(8-10-22)30-29(24-5-4-6-27-25(24)15-32-34-27)19(2)23-11-12-28-26(16-33-35-28)31(23)38-30/h4-12,15-16,20,30H,3,13-14,17-18H2,1-2H3,(H,32,34)(H,33,35). The van der Waals surface area contributed by atoms with E-state index in [9.17, 15) is 0 Å². The van der Waals surface area contributed by atoms with Gasteiger partial charge in [0.15, 0.2) is 0 Å². The van der Waals surface area contributed by atoms with Gasteiger partial charge in [-0.3, -0.25) is 15.1 Å². The molecule has 192 valence electrons. The molecule has 0 spiro atoms. The van der Waals surface area contributed by atoms with Crippen LogP contribution in [-0.2, 0) is 0 Å². The summed E-state index contributed by atoms with van der Waals surface area (Å²) in [6.45, 7) is 8.52. The minimum Gasteiger partial charge on any atom is -0.492 e. The predicted molar refractivity (Wildman–Crippen MR) is 150 cm³/mol. The molecule has 7 rings (SSSR count). The summed E-state index contributed by atoms with van der Waals surface area (Å²) in [5, 5.41) is 16.8. The van der Waals surface area contributed by atoms with Gasteiger partial charge in [-0.25, -0.2) is 0 Å². The molecule has 2 aromatic heterocycles. The molecule has 1 unspecified atom stereocenters. The lowest BCUT2D eigenvalue weighted by molar-refractivity contribution is 0.0806. The van der Waals surface area contributed by atoms with Crippen LogP contribution in [0.5, 0.6) is 11.5 Å². The maximum Gasteiger partial charge on any atom is 0.150 e. The average Bonchev–Trinajstić information content (AvgIpc) is 3.60. The lowest BCUT2D eigenvalue weighted by Gasteiger charge is -2.38. The number of hydrogen-bond donors (Lipinski definition) is 2. The van der Waals surface area contributed by atoms with Gasteiger partial charge in [-0.15, -0.1) is 0 Å². The molecule has 1 fully saturated rings. The zero-order chi connectivity index (χ0) is 25.6. The molecule has 0 saturated carbocycles. The summed E-state index contributed by atoms with van der Waals surface area (Å²) in [7, 11) is 0. The third-order valence-electron chi connectivity index (χ3n) is 8.12. The van der Waals surface area contributed by atoms with Crippen molar-refractivity contribution in [2.75, 3.05) is 26.2 Å². The number of benzene rings is 3. The minimum absolute atomic E-state index is 0.287. The van der Waals surface area contributed by atoms with Crippen molar-refractivity contribution in [3.05, 3.63) is 83.7 Å². The highest BCUT2D eigenvalue weighted by atomic mass is 16.5. The Labute approximate surface area is 221 Å². The molecule has 2 aliphatic heterocycles. The molecule has 7 nitrogen and oxygen atoms in total. The van der Waals surface area contributed by atoms with E-state index in [2.05, 4.69) is 93.7 Å². The zero-order valence-electron chi connectivity index (χ0n) is 21.7. The summed E-state index contributed by atoms with van der Waals surface area (Å²) < 4.78 is 12.9. The molecular formula is C31H31N5O2. The van der Waals surface area contributed by atoms with Gasteiger partial charge in [0.25, 0.3) is 0 Å². The highest BCUT2D eigenvalue weighted by molar-refractivity contribution is 6.05. The topological polar surface area (TPSA) is 79.1 Å². The van der Waals surface area contributed by atoms with Crippen LogP contribution in [0.25, 0.3) is 33.0 Å². The molecule has 7 heteroatoms. The van der Waals surface area contributed by atoms with Crippen LogP contribution in [0.4, 0.5) is 0 Å². The van der Waals surface area contributed by atoms with E-state index in [0.717, 1.165) is 68.0 Å². The predicted octanol–water partition coefficient (Wildman–Crippen LogP) is 6.22. The van der Waals surface area contributed by atoms with Gasteiger partial charge in [-0.1, -0.05) is 37.6 Å². The number of likely N-dealkylation sites (tertiary alicyclic amines) is 1. The van der Waals surface area contributed by atoms with Gasteiger partial charge in [0.05, 0.1) is 28.8 Å². The number of aromatic nitrogens is 4. The van der Waals surface area contributed by atoms with Crippen molar-refractivity contribution in [1.82, 2.24) is 25.3 Å². The van der Waals surface area contributed by atoms with Crippen LogP contribution < -0.4 is 9.47 Å². The Bertz CT molecular complexity index is 1640. The van der Waals surface area contributed by atoms with E-state index in [1.807, 2.05) is 12.4 Å². The van der Waals surface area contributed by atoms with E-state index in [4.69, 9.17) is 9.47 Å². The molecular weight excluding hydrogens is 474 g/mol. The van der Waals surface area contributed by atoms with E-state index in [1.54, 1.807) is 0 Å². The highest BCUT2D eigenvalue weighted by Gasteiger charge is 2.32. The summed E-state index contributed by atoms with van der Waals surface area (Å²) in [5.41, 5.74) is 7.59. The number of ether oxygens (including phenoxy) is 2. The Morgan fingerprint density at radius 3 is 2.47 bits per heavy atom. The number of nitrogens with zero attached hydrogens (tertiary/aromatic N) is 3. The summed E-state index contributed by atoms with van der Waals surface area (Å²) >= 11 is 0. The number of fused-ring (bicyclic) bond motifs is 4. The first-order chi connectivity index (χ1) is 18.7. The Hall–Kier alpha value is -4.10. The van der Waals surface area contributed by atoms with Gasteiger partial charge >= 0.3 is 0 Å². The van der Waals surface area contributed by atoms with E-state index in [0.29, 0.717) is 6.61 Å². The fraction of sp³-hybridized carbons (Fsp3) is 0.290. The van der Waals surface area contributed by atoms with Crippen molar-refractivity contribution in [2.24, 2.45) is 5.92 Å². The van der Waals surface area contributed by atoms with Crippen LogP contribution in [0.3, 0.4) is 0 Å². The second-order valence-corrected chi connectivity index (χ2v) is 10.4. The van der Waals surface area contributed by atoms with Gasteiger partial charge in [-0.05, 0) is 59.9 Å². The van der Waals surface area contributed by atoms with Crippen molar-refractivity contribution < 1.29 is 9.47 Å². The molecule has 1 saturated heterocycles. The van der Waals surface area contributed by atoms with Gasteiger partial charge in [0.1, 0.15) is 24.2 Å². The maximum atomic E-state index is 6.85. The molecule has 0 amide bonds. The minimum atomic E-state index is -0.287. The third-order valence-corrected chi connectivity index (χ3v) is 8.12. The third kappa shape index (κ3) is 3.85. The first-order valence-corrected chi connectivity index (χ1v) is 13.4. The largest absolute Gasteiger partial charge is 0.492 e. The molecule has 2 N–H and O–H groups in total. The zero-order valence-corrected chi connectivity index (χ0v) is 21.7. The number of allylic oxidation sites excluding steroid dienone is 1. The molecule has 1 atom stereocenters. The number of nitrogens with one attached hydrogen (secondary N) is 2. The second-order valence-electron chi connectivity index (χ2n) is 10.4. The summed E-state index contributed by atoms with van der Waals surface area (Å²) in [5.74, 6) is 2.60. The molecule has 38 heavy (non-hydrogen) atoms. The monoisotopic (exact) mass is 505 g/mol. The van der Waals surface area contributed by atoms with Crippen LogP contribution in [0.15, 0.2) is 67.0 Å². The fourth-order valence-electron chi connectivity index (χ4n) is 5.86. The number of rotatable bonds is 7. The van der Waals surface area contributed by atoms with Gasteiger partial charge in [-0.2, -0.15) is 10.2 Å². The smallest absolute Gasteiger partial charge is 0.150 e. The lowest BCUT2D eigenvalue weighted by atomic mass is 9.84. The van der Waals surface area contributed by atoms with Crippen LogP contribution in [-0.4, -0.2) is 51.5 Å². The van der Waals surface area contributed by atoms with Crippen LogP contribution in [0.2, 0.25) is 0 Å². The molecule has 3 aromatic carbocycles. The molecule has 5 aromatic rings. The maximum absolute atomic E-state index is 6.85. The molecule has 4 heterocycles. The Morgan fingerprint density at radius 2 is 1.68 bits per heavy atom. The number of H-pyrrole nitrogens is 2. The van der Waals surface area contributed by atoms with Gasteiger partial charge in [0.2, 0.25) is 0 Å². The van der Waals surface area contributed by atoms with E-state index >= 15 is 0 Å². The van der Waals surface area contributed by atoms with Gasteiger partial charge < -0.3 is 9.47 Å². The Morgan fingerprint density at radius 1 is 0.921 bits per heavy atom. The van der Waals surface area contributed by atoms with Crippen molar-refractivity contribution in [1.29, 1.82) is 0 Å². The second kappa shape index (κ2) is 9.33. The summed E-state index contributed by atoms with van der Waals surface area (Å²) in [6, 6.07) is 18.8. The molecule has 0 aliphatic carbocycles. The SMILES string of the molecule is CCC1CN(CCOc2ccc(C3Oc4c(ccc5[nH]ncc45)C(C)=C3c3cccc4[nH]ncc34)cc2)C1. The highest BCUT2D eigenvalue weighted by Crippen LogP contribution is 2.49. The van der Waals surface area contributed by atoms with E-state index in [1.165, 1.54) is 25.1 Å². The number of hydrogen-bond acceptors (Lipinski definition) is 5. The van der Waals surface area contributed by atoms with Gasteiger partial charge in [0, 0.05) is 36.2 Å². The first-order valence-electron chi connectivity index (χ1n) is 13.4. The Kier molecular flexibility index (Phi) is 5.66. The van der Waals surface area contributed by atoms with Crippen LogP contribution >= 0.6 is 0 Å². The van der Waals surface area contributed by atoms with Crippen molar-refractivity contribution >= 4 is 33.0 Å². The first kappa shape index (κ1) is 23.0. The van der Waals surface area contributed by atoms with Crippen molar-refractivity contribution in [3.63, 3.8) is 0 Å². The average molecular weight is 506 g/mol. The van der Waals surface area contributed by atoms with E-state index < -0.39 is 0 Å². The Balaban J connectivity index is 1.23. The molecule has 0 radical (unpaired) electrons. The summed E-state index contributed by atoms with van der Waals surface area (Å²) in [4.78, 5) is 2.46. The van der Waals surface area contributed by atoms with Crippen LogP contribution in [0, 0.1) is 5.92 Å². The van der Waals surface area contributed by atoms with Crippen LogP contribution in [0.1, 0.15) is 43.1 Å². The normalized spacial score (nSPS) is 18.0. The lowest BCUT2D eigenvalue weighted by Crippen LogP contribution is -2.47. The van der Waals surface area contributed by atoms with E-state index in [-0.39, 0.29) is 6.10 Å². The number of aromatic amines is 2. The van der Waals surface area contributed by atoms with Crippen molar-refractivity contribution in [3.8, 4) is 11.5 Å². The quantitative estimate of drug-likeness (QED) is 0.274. The molecule has 0 bridgehead atoms. The fourth-order valence-corrected chi connectivity index (χ4v) is 5.86. The molecule has 2 aliphatic rings. The van der Waals surface area contributed by atoms with Crippen molar-refractivity contribution in [2.45, 2.75) is 26.4 Å².